The minimum atomic E-state index is -0.750. The van der Waals surface area contributed by atoms with Crippen LogP contribution < -0.4 is 0 Å². The molecule has 1 N–H and O–H groups in total. The molecule has 0 bridgehead atoms. The molecule has 0 spiro atoms. The van der Waals surface area contributed by atoms with Crippen molar-refractivity contribution in [2.75, 3.05) is 0 Å². The highest BCUT2D eigenvalue weighted by Gasteiger charge is 2.32. The molecule has 0 heterocycles. The molecule has 27 heavy (non-hydrogen) atoms. The number of allylic oxidation sites excluding steroid dienone is 2. The van der Waals surface area contributed by atoms with Crippen molar-refractivity contribution in [1.29, 1.82) is 0 Å². The Labute approximate surface area is 161 Å². The second-order valence-electron chi connectivity index (χ2n) is 7.66. The Morgan fingerprint density at radius 2 is 1.89 bits per heavy atom. The number of hydrogen-bond donors (Lipinski definition) is 1. The molecule has 4 heteroatoms. The van der Waals surface area contributed by atoms with E-state index in [0.717, 1.165) is 48.8 Å². The maximum atomic E-state index is 12.5. The lowest BCUT2D eigenvalue weighted by Crippen LogP contribution is -2.13. The van der Waals surface area contributed by atoms with Crippen LogP contribution in [0.25, 0.3) is 0 Å². The van der Waals surface area contributed by atoms with Crippen LogP contribution in [-0.4, -0.2) is 22.6 Å². The van der Waals surface area contributed by atoms with Crippen LogP contribution in [0.15, 0.2) is 30.4 Å². The average Bonchev–Trinajstić information content (AvgIpc) is 2.95. The van der Waals surface area contributed by atoms with Crippen LogP contribution in [0.5, 0.6) is 0 Å². The van der Waals surface area contributed by atoms with Gasteiger partial charge in [0.15, 0.2) is 5.78 Å². The van der Waals surface area contributed by atoms with E-state index in [1.807, 2.05) is 38.1 Å². The molecule has 146 valence electrons. The van der Waals surface area contributed by atoms with Gasteiger partial charge in [0.05, 0.1) is 0 Å². The first kappa shape index (κ1) is 21.1. The minimum absolute atomic E-state index is 0.000676. The average molecular weight is 370 g/mol. The van der Waals surface area contributed by atoms with Gasteiger partial charge in [-0.05, 0) is 50.7 Å². The molecule has 0 amide bonds. The van der Waals surface area contributed by atoms with Gasteiger partial charge >= 0.3 is 5.97 Å². The van der Waals surface area contributed by atoms with Gasteiger partial charge in [-0.15, -0.1) is 0 Å². The SMILES string of the molecule is Cc1ccc(C(=O)C=CC2CCC(=O)C2CCCCCCC(=O)O)c(C)c1. The molecule has 1 saturated carbocycles. The number of ketones is 2. The second-order valence-corrected chi connectivity index (χ2v) is 7.66. The van der Waals surface area contributed by atoms with Crippen LogP contribution in [0, 0.1) is 25.7 Å². The number of carbonyl (C=O) groups excluding carboxylic acids is 2. The number of carbonyl (C=O) groups is 3. The number of carboxylic acid groups (broad SMARTS) is 1. The molecule has 1 aliphatic rings. The minimum Gasteiger partial charge on any atom is -0.481 e. The summed E-state index contributed by atoms with van der Waals surface area (Å²) in [6.45, 7) is 3.95. The smallest absolute Gasteiger partial charge is 0.303 e. The number of unbranched alkanes of at least 4 members (excludes halogenated alkanes) is 3. The fourth-order valence-electron chi connectivity index (χ4n) is 3.92. The first-order chi connectivity index (χ1) is 12.9. The Morgan fingerprint density at radius 3 is 2.59 bits per heavy atom. The van der Waals surface area contributed by atoms with Crippen LogP contribution in [0.1, 0.15) is 72.9 Å². The largest absolute Gasteiger partial charge is 0.481 e. The van der Waals surface area contributed by atoms with Gasteiger partial charge in [0.25, 0.3) is 0 Å². The first-order valence-electron chi connectivity index (χ1n) is 9.92. The van der Waals surface area contributed by atoms with Gasteiger partial charge in [0.2, 0.25) is 0 Å². The van der Waals surface area contributed by atoms with Crippen LogP contribution in [0.4, 0.5) is 0 Å². The molecule has 1 aliphatic carbocycles. The monoisotopic (exact) mass is 370 g/mol. The normalized spacial score (nSPS) is 19.7. The molecule has 0 aromatic heterocycles. The van der Waals surface area contributed by atoms with E-state index in [0.29, 0.717) is 18.6 Å². The highest BCUT2D eigenvalue weighted by atomic mass is 16.4. The van der Waals surface area contributed by atoms with Gasteiger partial charge in [0.1, 0.15) is 5.78 Å². The molecule has 1 aromatic carbocycles. The van der Waals surface area contributed by atoms with Crippen molar-refractivity contribution in [1.82, 2.24) is 0 Å². The predicted molar refractivity (Wildman–Crippen MR) is 106 cm³/mol. The molecule has 2 atom stereocenters. The van der Waals surface area contributed by atoms with Crippen LogP contribution >= 0.6 is 0 Å². The van der Waals surface area contributed by atoms with Gasteiger partial charge in [-0.2, -0.15) is 0 Å². The van der Waals surface area contributed by atoms with Crippen molar-refractivity contribution < 1.29 is 19.5 Å². The molecule has 0 radical (unpaired) electrons. The molecule has 4 nitrogen and oxygen atoms in total. The van der Waals surface area contributed by atoms with Crippen LogP contribution in [0.2, 0.25) is 0 Å². The summed E-state index contributed by atoms with van der Waals surface area (Å²) in [5.74, 6) is -0.299. The number of rotatable bonds is 10. The molecule has 2 unspecified atom stereocenters. The highest BCUT2D eigenvalue weighted by molar-refractivity contribution is 6.05. The number of Topliss-reactive ketones (excluding diaryl/α,β-unsaturated/α-hetero) is 1. The van der Waals surface area contributed by atoms with Gasteiger partial charge in [-0.1, -0.05) is 49.1 Å². The summed E-state index contributed by atoms with van der Waals surface area (Å²) in [5, 5.41) is 8.65. The zero-order valence-electron chi connectivity index (χ0n) is 16.4. The molecule has 1 aromatic rings. The second kappa shape index (κ2) is 10.2. The van der Waals surface area contributed by atoms with Crippen molar-refractivity contribution >= 4 is 17.5 Å². The lowest BCUT2D eigenvalue weighted by Gasteiger charge is -2.14. The quantitative estimate of drug-likeness (QED) is 0.355. The Hall–Kier alpha value is -2.23. The lowest BCUT2D eigenvalue weighted by molar-refractivity contribution is -0.137. The molecule has 1 fully saturated rings. The molecule has 2 rings (SSSR count). The summed E-state index contributed by atoms with van der Waals surface area (Å²) in [6, 6.07) is 5.82. The Morgan fingerprint density at radius 1 is 1.15 bits per heavy atom. The van der Waals surface area contributed by atoms with E-state index >= 15 is 0 Å². The summed E-state index contributed by atoms with van der Waals surface area (Å²) in [4.78, 5) is 35.2. The highest BCUT2D eigenvalue weighted by Crippen LogP contribution is 2.34. The molecular formula is C23H30O4. The summed E-state index contributed by atoms with van der Waals surface area (Å²) < 4.78 is 0. The third-order valence-electron chi connectivity index (χ3n) is 5.45. The Bertz CT molecular complexity index is 717. The van der Waals surface area contributed by atoms with Gasteiger partial charge < -0.3 is 5.11 Å². The molecular weight excluding hydrogens is 340 g/mol. The maximum Gasteiger partial charge on any atom is 0.303 e. The first-order valence-corrected chi connectivity index (χ1v) is 9.92. The third kappa shape index (κ3) is 6.46. The van der Waals surface area contributed by atoms with E-state index < -0.39 is 5.97 Å². The number of carboxylic acids is 1. The Kier molecular flexibility index (Phi) is 7.96. The van der Waals surface area contributed by atoms with Gasteiger partial charge in [-0.3, -0.25) is 14.4 Å². The number of aryl methyl sites for hydroxylation is 2. The fourth-order valence-corrected chi connectivity index (χ4v) is 3.92. The summed E-state index contributed by atoms with van der Waals surface area (Å²) >= 11 is 0. The van der Waals surface area contributed by atoms with Gasteiger partial charge in [-0.25, -0.2) is 0 Å². The van der Waals surface area contributed by atoms with Gasteiger partial charge in [0, 0.05) is 24.3 Å². The number of hydrogen-bond acceptors (Lipinski definition) is 3. The van der Waals surface area contributed by atoms with E-state index in [1.165, 1.54) is 0 Å². The summed E-state index contributed by atoms with van der Waals surface area (Å²) in [5.41, 5.74) is 2.83. The predicted octanol–water partition coefficient (Wildman–Crippen LogP) is 5.06. The summed E-state index contributed by atoms with van der Waals surface area (Å²) in [7, 11) is 0. The number of benzene rings is 1. The third-order valence-corrected chi connectivity index (χ3v) is 5.45. The van der Waals surface area contributed by atoms with Crippen molar-refractivity contribution in [3.05, 3.63) is 47.0 Å². The van der Waals surface area contributed by atoms with Crippen LogP contribution in [0.3, 0.4) is 0 Å². The maximum absolute atomic E-state index is 12.5. The van der Waals surface area contributed by atoms with E-state index in [2.05, 4.69) is 0 Å². The van der Waals surface area contributed by atoms with Crippen molar-refractivity contribution in [2.45, 2.75) is 65.2 Å². The molecule has 0 saturated heterocycles. The fraction of sp³-hybridized carbons (Fsp3) is 0.522. The Balaban J connectivity index is 1.86. The van der Waals surface area contributed by atoms with Crippen molar-refractivity contribution in [2.24, 2.45) is 11.8 Å². The summed E-state index contributed by atoms with van der Waals surface area (Å²) in [6.07, 6.45) is 9.51. The lowest BCUT2D eigenvalue weighted by atomic mass is 9.89. The zero-order chi connectivity index (χ0) is 19.8. The van der Waals surface area contributed by atoms with E-state index in [9.17, 15) is 14.4 Å². The zero-order valence-corrected chi connectivity index (χ0v) is 16.4. The topological polar surface area (TPSA) is 71.4 Å². The van der Waals surface area contributed by atoms with E-state index in [1.54, 1.807) is 6.08 Å². The van der Waals surface area contributed by atoms with E-state index in [-0.39, 0.29) is 24.0 Å². The molecule has 0 aliphatic heterocycles. The van der Waals surface area contributed by atoms with Crippen LogP contribution in [-0.2, 0) is 9.59 Å². The van der Waals surface area contributed by atoms with Crippen molar-refractivity contribution in [3.8, 4) is 0 Å². The van der Waals surface area contributed by atoms with Crippen molar-refractivity contribution in [3.63, 3.8) is 0 Å². The van der Waals surface area contributed by atoms with E-state index in [4.69, 9.17) is 5.11 Å². The standard InChI is InChI=1S/C23H30O4/c1-16-9-12-19(17(2)15-16)21(24)13-10-18-11-14-22(25)20(18)7-5-3-4-6-8-23(26)27/h9-10,12-13,15,18,20H,3-8,11,14H2,1-2H3,(H,26,27). The number of aliphatic carboxylic acids is 1.